The summed E-state index contributed by atoms with van der Waals surface area (Å²) in [4.78, 5) is -0.127. The number of thiophene rings is 1. The summed E-state index contributed by atoms with van der Waals surface area (Å²) < 4.78 is 48.1. The van der Waals surface area contributed by atoms with Gasteiger partial charge in [-0.1, -0.05) is 0 Å². The Morgan fingerprint density at radius 1 is 0.824 bits per heavy atom. The van der Waals surface area contributed by atoms with Gasteiger partial charge in [0.15, 0.2) is 19.7 Å². The molecule has 1 rings (SSSR count). The first-order valence-electron chi connectivity index (χ1n) is 5.15. The summed E-state index contributed by atoms with van der Waals surface area (Å²) in [6, 6.07) is 0. The van der Waals surface area contributed by atoms with Crippen LogP contribution in [0.1, 0.15) is 27.7 Å². The zero-order valence-corrected chi connectivity index (χ0v) is 12.6. The van der Waals surface area contributed by atoms with Crippen molar-refractivity contribution in [1.29, 1.82) is 0 Å². The molecular weight excluding hydrogens is 280 g/mol. The van der Waals surface area contributed by atoms with Crippen LogP contribution in [0.3, 0.4) is 0 Å². The van der Waals surface area contributed by atoms with Gasteiger partial charge < -0.3 is 0 Å². The average Bonchev–Trinajstić information content (AvgIpc) is 2.66. The van der Waals surface area contributed by atoms with Gasteiger partial charge in [-0.3, -0.25) is 0 Å². The molecule has 0 fully saturated rings. The van der Waals surface area contributed by atoms with Crippen LogP contribution in [-0.2, 0) is 19.7 Å². The minimum absolute atomic E-state index is 0.0637. The van der Waals surface area contributed by atoms with Crippen molar-refractivity contribution in [3.63, 3.8) is 0 Å². The maximum absolute atomic E-state index is 12.0. The Kier molecular flexibility index (Phi) is 4.05. The molecule has 1 heterocycles. The summed E-state index contributed by atoms with van der Waals surface area (Å²) in [6.07, 6.45) is 0. The van der Waals surface area contributed by atoms with Crippen LogP contribution in [-0.4, -0.2) is 27.3 Å². The predicted octanol–water partition coefficient (Wildman–Crippen LogP) is 2.11. The van der Waals surface area contributed by atoms with Gasteiger partial charge in [-0.25, -0.2) is 16.8 Å². The van der Waals surface area contributed by atoms with Crippen LogP contribution in [0.25, 0.3) is 0 Å². The molecule has 0 saturated carbocycles. The number of rotatable bonds is 4. The van der Waals surface area contributed by atoms with Crippen LogP contribution in [0.4, 0.5) is 0 Å². The largest absolute Gasteiger partial charge is 0.223 e. The lowest BCUT2D eigenvalue weighted by molar-refractivity contribution is 0.575. The van der Waals surface area contributed by atoms with Gasteiger partial charge in [-0.15, -0.1) is 11.3 Å². The second-order valence-electron chi connectivity index (χ2n) is 4.29. The lowest BCUT2D eigenvalue weighted by Gasteiger charge is -2.11. The van der Waals surface area contributed by atoms with E-state index in [2.05, 4.69) is 0 Å². The van der Waals surface area contributed by atoms with Crippen molar-refractivity contribution in [2.75, 3.05) is 0 Å². The van der Waals surface area contributed by atoms with E-state index in [9.17, 15) is 16.8 Å². The average molecular weight is 296 g/mol. The molecular formula is C10H16O4S3. The molecule has 0 N–H and O–H groups in total. The van der Waals surface area contributed by atoms with Crippen LogP contribution < -0.4 is 0 Å². The zero-order valence-electron chi connectivity index (χ0n) is 10.2. The van der Waals surface area contributed by atoms with Crippen LogP contribution >= 0.6 is 11.3 Å². The first-order valence-corrected chi connectivity index (χ1v) is 9.19. The third-order valence-corrected chi connectivity index (χ3v) is 8.00. The lowest BCUT2D eigenvalue weighted by atomic mass is 10.6. The fourth-order valence-electron chi connectivity index (χ4n) is 1.20. The molecule has 0 aliphatic carbocycles. The molecule has 0 unspecified atom stereocenters. The first-order chi connectivity index (χ1) is 7.61. The quantitative estimate of drug-likeness (QED) is 0.853. The summed E-state index contributed by atoms with van der Waals surface area (Å²) in [7, 11) is -7.10. The summed E-state index contributed by atoms with van der Waals surface area (Å²) in [5, 5.41) is 1.53. The molecule has 1 aromatic heterocycles. The Morgan fingerprint density at radius 2 is 1.12 bits per heavy atom. The van der Waals surface area contributed by atoms with Crippen LogP contribution in [0, 0.1) is 0 Å². The molecule has 0 amide bonds. The lowest BCUT2D eigenvalue weighted by Crippen LogP contribution is -2.20. The molecule has 0 bridgehead atoms. The molecule has 0 radical (unpaired) electrons. The van der Waals surface area contributed by atoms with E-state index < -0.39 is 30.2 Å². The molecule has 0 saturated heterocycles. The highest BCUT2D eigenvalue weighted by Crippen LogP contribution is 2.30. The summed E-state index contributed by atoms with van der Waals surface area (Å²) in [5.41, 5.74) is 0. The van der Waals surface area contributed by atoms with Crippen molar-refractivity contribution in [3.05, 3.63) is 10.8 Å². The molecule has 1 aromatic rings. The third-order valence-electron chi connectivity index (χ3n) is 2.45. The van der Waals surface area contributed by atoms with E-state index in [0.29, 0.717) is 0 Å². The molecule has 0 aliphatic rings. The Bertz CT molecular complexity index is 539. The Labute approximate surface area is 107 Å². The van der Waals surface area contributed by atoms with Gasteiger partial charge in [0, 0.05) is 10.8 Å². The van der Waals surface area contributed by atoms with Gasteiger partial charge in [0.25, 0.3) is 0 Å². The molecule has 0 atom stereocenters. The number of hydrogen-bond acceptors (Lipinski definition) is 5. The van der Waals surface area contributed by atoms with Gasteiger partial charge in [0.2, 0.25) is 0 Å². The number of sulfone groups is 2. The van der Waals surface area contributed by atoms with Gasteiger partial charge >= 0.3 is 0 Å². The van der Waals surface area contributed by atoms with Crippen LogP contribution in [0.15, 0.2) is 20.6 Å². The highest BCUT2D eigenvalue weighted by Gasteiger charge is 2.31. The van der Waals surface area contributed by atoms with Gasteiger partial charge in [-0.05, 0) is 27.7 Å². The molecule has 4 nitrogen and oxygen atoms in total. The second kappa shape index (κ2) is 4.70. The van der Waals surface area contributed by atoms with Crippen LogP contribution in [0.5, 0.6) is 0 Å². The first kappa shape index (κ1) is 14.7. The Balaban J connectivity index is 3.50. The monoisotopic (exact) mass is 296 g/mol. The second-order valence-corrected chi connectivity index (χ2v) is 9.98. The zero-order chi connectivity index (χ0) is 13.4. The van der Waals surface area contributed by atoms with Crippen molar-refractivity contribution in [3.8, 4) is 0 Å². The SMILES string of the molecule is CC(C)S(=O)(=O)c1cscc1S(=O)(=O)C(C)C. The predicted molar refractivity (Wildman–Crippen MR) is 69.0 cm³/mol. The van der Waals surface area contributed by atoms with Crippen molar-refractivity contribution in [1.82, 2.24) is 0 Å². The normalized spacial score (nSPS) is 13.5. The smallest absolute Gasteiger partial charge is 0.182 e. The fourth-order valence-corrected chi connectivity index (χ4v) is 5.71. The van der Waals surface area contributed by atoms with E-state index in [1.54, 1.807) is 27.7 Å². The van der Waals surface area contributed by atoms with E-state index in [4.69, 9.17) is 0 Å². The molecule has 0 aliphatic heterocycles. The highest BCUT2D eigenvalue weighted by atomic mass is 32.2. The molecule has 17 heavy (non-hydrogen) atoms. The summed E-state index contributed by atoms with van der Waals surface area (Å²) >= 11 is 1.10. The fraction of sp³-hybridized carbons (Fsp3) is 0.600. The summed E-state index contributed by atoms with van der Waals surface area (Å²) in [6.45, 7) is 6.16. The van der Waals surface area contributed by atoms with Gasteiger partial charge in [0.05, 0.1) is 20.3 Å². The molecule has 0 aromatic carbocycles. The minimum atomic E-state index is -3.55. The van der Waals surface area contributed by atoms with Crippen molar-refractivity contribution in [2.45, 2.75) is 48.0 Å². The maximum Gasteiger partial charge on any atom is 0.182 e. The van der Waals surface area contributed by atoms with E-state index in [1.165, 1.54) is 10.8 Å². The Hall–Kier alpha value is -0.400. The summed E-state index contributed by atoms with van der Waals surface area (Å²) in [5.74, 6) is 0. The van der Waals surface area contributed by atoms with Gasteiger partial charge in [0.1, 0.15) is 0 Å². The van der Waals surface area contributed by atoms with Crippen molar-refractivity contribution in [2.24, 2.45) is 0 Å². The molecule has 7 heteroatoms. The Morgan fingerprint density at radius 3 is 1.35 bits per heavy atom. The number of hydrogen-bond donors (Lipinski definition) is 0. The van der Waals surface area contributed by atoms with Crippen molar-refractivity contribution < 1.29 is 16.8 Å². The maximum atomic E-state index is 12.0. The van der Waals surface area contributed by atoms with E-state index in [0.717, 1.165) is 11.3 Å². The van der Waals surface area contributed by atoms with E-state index >= 15 is 0 Å². The molecule has 0 spiro atoms. The van der Waals surface area contributed by atoms with Crippen molar-refractivity contribution >= 4 is 31.0 Å². The highest BCUT2D eigenvalue weighted by molar-refractivity contribution is 7.95. The third kappa shape index (κ3) is 2.56. The minimum Gasteiger partial charge on any atom is -0.223 e. The molecule has 98 valence electrons. The standard InChI is InChI=1S/C10H16O4S3/c1-7(2)16(11,12)9-5-15-6-10(9)17(13,14)8(3)4/h5-8H,1-4H3. The van der Waals surface area contributed by atoms with Gasteiger partial charge in [-0.2, -0.15) is 0 Å². The topological polar surface area (TPSA) is 68.3 Å². The van der Waals surface area contributed by atoms with E-state index in [-0.39, 0.29) is 9.79 Å². The van der Waals surface area contributed by atoms with E-state index in [1.807, 2.05) is 0 Å². The van der Waals surface area contributed by atoms with Crippen LogP contribution in [0.2, 0.25) is 0 Å².